The number of aliphatic hydroxyl groups excluding tert-OH is 3. The van der Waals surface area contributed by atoms with Gasteiger partial charge in [-0.2, -0.15) is 0 Å². The van der Waals surface area contributed by atoms with Crippen molar-refractivity contribution in [2.75, 3.05) is 13.2 Å². The summed E-state index contributed by atoms with van der Waals surface area (Å²) in [7, 11) is 0. The van der Waals surface area contributed by atoms with E-state index < -0.39 is 0 Å². The lowest BCUT2D eigenvalue weighted by atomic mass is 9.90. The Morgan fingerprint density at radius 3 is 1.42 bits per heavy atom. The van der Waals surface area contributed by atoms with Crippen molar-refractivity contribution >= 4 is 0 Å². The fourth-order valence-corrected chi connectivity index (χ4v) is 0.886. The molecule has 0 rings (SSSR count). The van der Waals surface area contributed by atoms with Crippen LogP contribution in [0.1, 0.15) is 34.1 Å². The first kappa shape index (κ1) is 14.4. The van der Waals surface area contributed by atoms with Gasteiger partial charge in [-0.25, -0.2) is 0 Å². The van der Waals surface area contributed by atoms with E-state index in [2.05, 4.69) is 20.8 Å². The Hall–Kier alpha value is -0.120. The van der Waals surface area contributed by atoms with Crippen LogP contribution in [0.25, 0.3) is 0 Å². The van der Waals surface area contributed by atoms with E-state index in [9.17, 15) is 0 Å². The topological polar surface area (TPSA) is 60.7 Å². The summed E-state index contributed by atoms with van der Waals surface area (Å²) in [4.78, 5) is 0. The second kappa shape index (κ2) is 7.53. The van der Waals surface area contributed by atoms with Crippen LogP contribution in [-0.2, 0) is 0 Å². The summed E-state index contributed by atoms with van der Waals surface area (Å²) < 4.78 is 0. The second-order valence-electron chi connectivity index (χ2n) is 4.06. The zero-order valence-electron chi connectivity index (χ0n) is 8.54. The molecule has 0 aromatic rings. The highest BCUT2D eigenvalue weighted by Gasteiger charge is 2.12. The first-order valence-electron chi connectivity index (χ1n) is 4.23. The molecule has 0 aliphatic carbocycles. The van der Waals surface area contributed by atoms with Crippen LogP contribution in [0.4, 0.5) is 0 Å². The highest BCUT2D eigenvalue weighted by atomic mass is 16.3. The molecular formula is C9H22O3. The van der Waals surface area contributed by atoms with Crippen LogP contribution in [0.3, 0.4) is 0 Å². The quantitative estimate of drug-likeness (QED) is 0.585. The fourth-order valence-electron chi connectivity index (χ4n) is 0.886. The van der Waals surface area contributed by atoms with Crippen molar-refractivity contribution in [3.8, 4) is 0 Å². The number of hydrogen-bond donors (Lipinski definition) is 3. The molecule has 0 aromatic carbocycles. The van der Waals surface area contributed by atoms with Crippen molar-refractivity contribution in [3.05, 3.63) is 0 Å². The predicted octanol–water partition coefficient (Wildman–Crippen LogP) is 0.774. The Balaban J connectivity index is 0. The van der Waals surface area contributed by atoms with Crippen molar-refractivity contribution < 1.29 is 15.3 Å². The van der Waals surface area contributed by atoms with Gasteiger partial charge in [0.1, 0.15) is 0 Å². The number of aliphatic hydroxyl groups is 3. The monoisotopic (exact) mass is 178 g/mol. The smallest absolute Gasteiger partial charge is 0.0662 e. The maximum Gasteiger partial charge on any atom is 0.0662 e. The van der Waals surface area contributed by atoms with E-state index in [1.165, 1.54) is 0 Å². The van der Waals surface area contributed by atoms with E-state index in [4.69, 9.17) is 15.3 Å². The highest BCUT2D eigenvalue weighted by molar-refractivity contribution is 4.63. The van der Waals surface area contributed by atoms with Gasteiger partial charge in [0.25, 0.3) is 0 Å². The zero-order valence-corrected chi connectivity index (χ0v) is 8.54. The van der Waals surface area contributed by atoms with Gasteiger partial charge < -0.3 is 15.3 Å². The standard InChI is InChI=1S/C7H16O.C2H6O2/c1-6(8)5-7(2,3)4;3-1-2-4/h6,8H,5H2,1-4H3;3-4H,1-2H2. The molecule has 0 heterocycles. The molecule has 1 atom stereocenters. The maximum absolute atomic E-state index is 8.89. The maximum atomic E-state index is 8.89. The second-order valence-corrected chi connectivity index (χ2v) is 4.06. The molecule has 1 unspecified atom stereocenters. The van der Waals surface area contributed by atoms with Gasteiger partial charge in [-0.15, -0.1) is 0 Å². The van der Waals surface area contributed by atoms with E-state index in [-0.39, 0.29) is 24.7 Å². The first-order chi connectivity index (χ1) is 5.33. The van der Waals surface area contributed by atoms with Gasteiger partial charge in [-0.3, -0.25) is 0 Å². The third-order valence-corrected chi connectivity index (χ3v) is 1.01. The average Bonchev–Trinajstić information content (AvgIpc) is 1.83. The molecule has 0 aliphatic rings. The lowest BCUT2D eigenvalue weighted by molar-refractivity contribution is 0.138. The van der Waals surface area contributed by atoms with E-state index in [0.717, 1.165) is 6.42 Å². The molecule has 0 saturated heterocycles. The van der Waals surface area contributed by atoms with Crippen molar-refractivity contribution in [1.29, 1.82) is 0 Å². The minimum Gasteiger partial charge on any atom is -0.394 e. The average molecular weight is 178 g/mol. The Bertz CT molecular complexity index is 82.3. The van der Waals surface area contributed by atoms with Gasteiger partial charge in [-0.1, -0.05) is 20.8 Å². The lowest BCUT2D eigenvalue weighted by Crippen LogP contribution is -2.13. The van der Waals surface area contributed by atoms with E-state index >= 15 is 0 Å². The van der Waals surface area contributed by atoms with Crippen LogP contribution >= 0.6 is 0 Å². The molecule has 0 aliphatic heterocycles. The van der Waals surface area contributed by atoms with Crippen molar-refractivity contribution in [2.45, 2.75) is 40.2 Å². The summed E-state index contributed by atoms with van der Waals surface area (Å²) in [6.07, 6.45) is 0.725. The van der Waals surface area contributed by atoms with Crippen LogP contribution in [0.5, 0.6) is 0 Å². The molecule has 0 radical (unpaired) electrons. The molecular weight excluding hydrogens is 156 g/mol. The van der Waals surface area contributed by atoms with Gasteiger partial charge in [-0.05, 0) is 18.8 Å². The van der Waals surface area contributed by atoms with Gasteiger partial charge in [0.2, 0.25) is 0 Å². The first-order valence-corrected chi connectivity index (χ1v) is 4.23. The fraction of sp³-hybridized carbons (Fsp3) is 1.00. The third kappa shape index (κ3) is 22.5. The number of rotatable bonds is 2. The Labute approximate surface area is 75.0 Å². The largest absolute Gasteiger partial charge is 0.394 e. The molecule has 0 aromatic heterocycles. The SMILES string of the molecule is CC(O)CC(C)(C)C.OCCO. The van der Waals surface area contributed by atoms with Crippen LogP contribution in [0, 0.1) is 5.41 Å². The van der Waals surface area contributed by atoms with Gasteiger partial charge >= 0.3 is 0 Å². The summed E-state index contributed by atoms with van der Waals surface area (Å²) >= 11 is 0. The molecule has 76 valence electrons. The Morgan fingerprint density at radius 1 is 1.08 bits per heavy atom. The molecule has 0 fully saturated rings. The number of hydrogen-bond acceptors (Lipinski definition) is 3. The van der Waals surface area contributed by atoms with E-state index in [0.29, 0.717) is 0 Å². The van der Waals surface area contributed by atoms with Gasteiger partial charge in [0.05, 0.1) is 19.3 Å². The van der Waals surface area contributed by atoms with Gasteiger partial charge in [0, 0.05) is 0 Å². The summed E-state index contributed by atoms with van der Waals surface area (Å²) in [6, 6.07) is 0. The van der Waals surface area contributed by atoms with E-state index in [1.54, 1.807) is 0 Å². The molecule has 0 saturated carbocycles. The Morgan fingerprint density at radius 2 is 1.42 bits per heavy atom. The highest BCUT2D eigenvalue weighted by Crippen LogP contribution is 2.19. The van der Waals surface area contributed by atoms with Crippen molar-refractivity contribution in [2.24, 2.45) is 5.41 Å². The molecule has 0 amide bonds. The minimum absolute atomic E-state index is 0.125. The molecule has 3 nitrogen and oxygen atoms in total. The normalized spacial score (nSPS) is 13.2. The van der Waals surface area contributed by atoms with Gasteiger partial charge in [0.15, 0.2) is 0 Å². The van der Waals surface area contributed by atoms with Crippen LogP contribution in [-0.4, -0.2) is 34.6 Å². The zero-order chi connectivity index (χ0) is 10.2. The summed E-state index contributed by atoms with van der Waals surface area (Å²) in [5.41, 5.74) is 0.272. The summed E-state index contributed by atoms with van der Waals surface area (Å²) in [5, 5.41) is 24.1. The lowest BCUT2D eigenvalue weighted by Gasteiger charge is -2.19. The predicted molar refractivity (Wildman–Crippen MR) is 49.9 cm³/mol. The van der Waals surface area contributed by atoms with Crippen molar-refractivity contribution in [3.63, 3.8) is 0 Å². The molecule has 3 heteroatoms. The van der Waals surface area contributed by atoms with Crippen LogP contribution in [0.15, 0.2) is 0 Å². The van der Waals surface area contributed by atoms with Crippen LogP contribution in [0.2, 0.25) is 0 Å². The summed E-state index contributed by atoms with van der Waals surface area (Å²) in [5.74, 6) is 0. The molecule has 0 spiro atoms. The molecule has 0 bridgehead atoms. The summed E-state index contributed by atoms with van der Waals surface area (Å²) in [6.45, 7) is 7.95. The molecule has 3 N–H and O–H groups in total. The Kier molecular flexibility index (Phi) is 9.03. The van der Waals surface area contributed by atoms with Crippen molar-refractivity contribution in [1.82, 2.24) is 0 Å². The van der Waals surface area contributed by atoms with E-state index in [1.807, 2.05) is 6.92 Å². The molecule has 12 heavy (non-hydrogen) atoms. The third-order valence-electron chi connectivity index (χ3n) is 1.01. The minimum atomic E-state index is -0.157. The van der Waals surface area contributed by atoms with Crippen LogP contribution < -0.4 is 0 Å².